The first-order valence-corrected chi connectivity index (χ1v) is 7.85. The topological polar surface area (TPSA) is 72.5 Å². The third-order valence-electron chi connectivity index (χ3n) is 3.82. The van der Waals surface area contributed by atoms with E-state index in [0.29, 0.717) is 12.2 Å². The maximum Gasteiger partial charge on any atom is 0.322 e. The third-order valence-corrected chi connectivity index (χ3v) is 5.66. The summed E-state index contributed by atoms with van der Waals surface area (Å²) in [6.45, 7) is 0.722. The smallest absolute Gasteiger partial charge is 0.322 e. The Labute approximate surface area is 102 Å². The fourth-order valence-corrected chi connectivity index (χ4v) is 4.74. The van der Waals surface area contributed by atoms with Crippen molar-refractivity contribution in [1.82, 2.24) is 5.32 Å². The Morgan fingerprint density at radius 1 is 1.35 bits per heavy atom. The minimum atomic E-state index is -2.86. The number of nitrogens with one attached hydrogen (secondary N) is 1. The fraction of sp³-hybridized carbons (Fsp3) is 0.909. The molecule has 2 aliphatic heterocycles. The lowest BCUT2D eigenvalue weighted by Gasteiger charge is -2.26. The van der Waals surface area contributed by atoms with E-state index >= 15 is 0 Å². The quantitative estimate of drug-likeness (QED) is 0.706. The van der Waals surface area contributed by atoms with Crippen molar-refractivity contribution in [3.05, 3.63) is 0 Å². The zero-order valence-corrected chi connectivity index (χ0v) is 10.8. The number of ether oxygens (including phenoxy) is 1. The molecule has 0 aliphatic carbocycles. The summed E-state index contributed by atoms with van der Waals surface area (Å²) in [7, 11) is -1.48. The summed E-state index contributed by atoms with van der Waals surface area (Å²) in [5, 5.41) is 3.11. The number of rotatable bonds is 2. The van der Waals surface area contributed by atoms with Crippen LogP contribution in [0.2, 0.25) is 0 Å². The van der Waals surface area contributed by atoms with E-state index in [1.54, 1.807) is 0 Å². The Morgan fingerprint density at radius 2 is 2.12 bits per heavy atom. The molecular weight excluding hydrogens is 242 g/mol. The Kier molecular flexibility index (Phi) is 3.73. The van der Waals surface area contributed by atoms with Crippen LogP contribution in [0, 0.1) is 11.8 Å². The maximum absolute atomic E-state index is 11.6. The Morgan fingerprint density at radius 3 is 2.76 bits per heavy atom. The highest BCUT2D eigenvalue weighted by molar-refractivity contribution is 7.91. The molecule has 0 amide bonds. The highest BCUT2D eigenvalue weighted by Crippen LogP contribution is 2.31. The van der Waals surface area contributed by atoms with Crippen LogP contribution in [0.5, 0.6) is 0 Å². The van der Waals surface area contributed by atoms with E-state index in [9.17, 15) is 13.2 Å². The van der Waals surface area contributed by atoms with Crippen molar-refractivity contribution in [3.8, 4) is 0 Å². The zero-order chi connectivity index (χ0) is 12.5. The van der Waals surface area contributed by atoms with Crippen molar-refractivity contribution in [1.29, 1.82) is 0 Å². The van der Waals surface area contributed by atoms with Gasteiger partial charge in [-0.1, -0.05) is 0 Å². The van der Waals surface area contributed by atoms with Crippen molar-refractivity contribution >= 4 is 15.8 Å². The second-order valence-electron chi connectivity index (χ2n) is 5.00. The Bertz CT molecular complexity index is 392. The summed E-state index contributed by atoms with van der Waals surface area (Å²) in [6, 6.07) is -0.255. The van der Waals surface area contributed by atoms with Crippen LogP contribution in [0.15, 0.2) is 0 Å². The maximum atomic E-state index is 11.6. The van der Waals surface area contributed by atoms with Crippen molar-refractivity contribution in [2.45, 2.75) is 25.3 Å². The molecule has 5 nitrogen and oxygen atoms in total. The van der Waals surface area contributed by atoms with Crippen LogP contribution in [0.25, 0.3) is 0 Å². The largest absolute Gasteiger partial charge is 0.468 e. The molecule has 0 aromatic heterocycles. The SMILES string of the molecule is COC(=O)C1CC(C2CCCS(=O)(=O)C2)CN1. The molecule has 2 saturated heterocycles. The third kappa shape index (κ3) is 2.98. The molecule has 17 heavy (non-hydrogen) atoms. The van der Waals surface area contributed by atoms with E-state index in [1.807, 2.05) is 0 Å². The van der Waals surface area contributed by atoms with Crippen LogP contribution in [-0.4, -0.2) is 45.6 Å². The summed E-state index contributed by atoms with van der Waals surface area (Å²) in [6.07, 6.45) is 2.42. The molecule has 0 bridgehead atoms. The number of esters is 1. The molecule has 0 aromatic rings. The fourth-order valence-electron chi connectivity index (χ4n) is 2.87. The summed E-state index contributed by atoms with van der Waals surface area (Å²) in [4.78, 5) is 11.4. The van der Waals surface area contributed by atoms with Gasteiger partial charge in [0.15, 0.2) is 9.84 Å². The summed E-state index contributed by atoms with van der Waals surface area (Å²) in [5.41, 5.74) is 0. The van der Waals surface area contributed by atoms with Gasteiger partial charge in [-0.3, -0.25) is 4.79 Å². The van der Waals surface area contributed by atoms with E-state index in [2.05, 4.69) is 5.32 Å². The molecular formula is C11H19NO4S. The van der Waals surface area contributed by atoms with Gasteiger partial charge in [-0.2, -0.15) is 0 Å². The van der Waals surface area contributed by atoms with Gasteiger partial charge in [-0.05, 0) is 37.6 Å². The van der Waals surface area contributed by atoms with Crippen molar-refractivity contribution in [2.24, 2.45) is 11.8 Å². The lowest BCUT2D eigenvalue weighted by Crippen LogP contribution is -2.31. The van der Waals surface area contributed by atoms with E-state index in [1.165, 1.54) is 7.11 Å². The molecule has 6 heteroatoms. The first-order chi connectivity index (χ1) is 8.02. The molecule has 2 aliphatic rings. The highest BCUT2D eigenvalue weighted by atomic mass is 32.2. The van der Waals surface area contributed by atoms with Crippen LogP contribution in [0.1, 0.15) is 19.3 Å². The molecule has 2 rings (SSSR count). The predicted octanol–water partition coefficient (Wildman–Crippen LogP) is -0.0377. The van der Waals surface area contributed by atoms with Gasteiger partial charge >= 0.3 is 5.97 Å². The lowest BCUT2D eigenvalue weighted by atomic mass is 9.88. The molecule has 1 N–H and O–H groups in total. The minimum Gasteiger partial charge on any atom is -0.468 e. The molecule has 98 valence electrons. The van der Waals surface area contributed by atoms with Gasteiger partial charge in [0.1, 0.15) is 6.04 Å². The number of hydrogen-bond donors (Lipinski definition) is 1. The number of methoxy groups -OCH3 is 1. The van der Waals surface area contributed by atoms with Crippen molar-refractivity contribution < 1.29 is 17.9 Å². The molecule has 0 spiro atoms. The second-order valence-corrected chi connectivity index (χ2v) is 7.23. The number of carbonyl (C=O) groups is 1. The average Bonchev–Trinajstić information content (AvgIpc) is 2.76. The van der Waals surface area contributed by atoms with Gasteiger partial charge in [0.05, 0.1) is 18.6 Å². The van der Waals surface area contributed by atoms with Crippen LogP contribution >= 0.6 is 0 Å². The zero-order valence-electron chi connectivity index (χ0n) is 10.0. The number of carbonyl (C=O) groups excluding carboxylic acids is 1. The van der Waals surface area contributed by atoms with Gasteiger partial charge in [0.25, 0.3) is 0 Å². The van der Waals surface area contributed by atoms with Crippen LogP contribution in [0.4, 0.5) is 0 Å². The Hall–Kier alpha value is -0.620. The molecule has 0 radical (unpaired) electrons. The van der Waals surface area contributed by atoms with E-state index in [0.717, 1.165) is 19.4 Å². The van der Waals surface area contributed by atoms with Crippen LogP contribution < -0.4 is 5.32 Å². The predicted molar refractivity (Wildman–Crippen MR) is 63.3 cm³/mol. The first kappa shape index (κ1) is 12.8. The van der Waals surface area contributed by atoms with E-state index < -0.39 is 9.84 Å². The first-order valence-electron chi connectivity index (χ1n) is 6.03. The number of hydrogen-bond acceptors (Lipinski definition) is 5. The standard InChI is InChI=1S/C11H19NO4S/c1-16-11(13)10-5-9(6-12-10)8-3-2-4-17(14,15)7-8/h8-10,12H,2-7H2,1H3. The van der Waals surface area contributed by atoms with Crippen LogP contribution in [0.3, 0.4) is 0 Å². The molecule has 2 fully saturated rings. The van der Waals surface area contributed by atoms with Gasteiger partial charge in [0.2, 0.25) is 0 Å². The van der Waals surface area contributed by atoms with Crippen molar-refractivity contribution in [3.63, 3.8) is 0 Å². The van der Waals surface area contributed by atoms with Crippen LogP contribution in [-0.2, 0) is 19.4 Å². The molecule has 0 aromatic carbocycles. The van der Waals surface area contributed by atoms with Gasteiger partial charge in [0, 0.05) is 0 Å². The Balaban J connectivity index is 1.94. The van der Waals surface area contributed by atoms with Gasteiger partial charge < -0.3 is 10.1 Å². The summed E-state index contributed by atoms with van der Waals surface area (Å²) in [5.74, 6) is 0.855. The van der Waals surface area contributed by atoms with Gasteiger partial charge in [-0.15, -0.1) is 0 Å². The normalized spacial score (nSPS) is 36.6. The summed E-state index contributed by atoms with van der Waals surface area (Å²) < 4.78 is 27.8. The lowest BCUT2D eigenvalue weighted by molar-refractivity contribution is -0.142. The molecule has 0 saturated carbocycles. The molecule has 2 heterocycles. The van der Waals surface area contributed by atoms with Crippen molar-refractivity contribution in [2.75, 3.05) is 25.2 Å². The van der Waals surface area contributed by atoms with E-state index in [-0.39, 0.29) is 29.6 Å². The highest BCUT2D eigenvalue weighted by Gasteiger charge is 2.37. The minimum absolute atomic E-state index is 0.205. The second kappa shape index (κ2) is 4.94. The monoisotopic (exact) mass is 261 g/mol. The average molecular weight is 261 g/mol. The summed E-state index contributed by atoms with van der Waals surface area (Å²) >= 11 is 0. The number of sulfone groups is 1. The van der Waals surface area contributed by atoms with Gasteiger partial charge in [-0.25, -0.2) is 8.42 Å². The van der Waals surface area contributed by atoms with E-state index in [4.69, 9.17) is 4.74 Å². The molecule has 3 atom stereocenters. The molecule has 3 unspecified atom stereocenters.